The molecule has 0 spiro atoms. The Morgan fingerprint density at radius 2 is 1.50 bits per heavy atom. The third-order valence-electron chi connectivity index (χ3n) is 3.90. The molecule has 0 fully saturated rings. The van der Waals surface area contributed by atoms with Crippen molar-refractivity contribution in [1.29, 1.82) is 0 Å². The minimum absolute atomic E-state index is 0.187. The molecule has 0 aliphatic carbocycles. The second-order valence-electron chi connectivity index (χ2n) is 5.99. The van der Waals surface area contributed by atoms with Crippen LogP contribution >= 0.6 is 7.60 Å². The Morgan fingerprint density at radius 3 is 2.04 bits per heavy atom. The van der Waals surface area contributed by atoms with Gasteiger partial charge in [-0.05, 0) is 43.5 Å². The molecule has 5 nitrogen and oxygen atoms in total. The van der Waals surface area contributed by atoms with Gasteiger partial charge in [-0.3, -0.25) is 4.57 Å². The third kappa shape index (κ3) is 6.45. The van der Waals surface area contributed by atoms with E-state index in [2.05, 4.69) is 0 Å². The third-order valence-corrected chi connectivity index (χ3v) is 5.95. The Balaban J connectivity index is 2.29. The van der Waals surface area contributed by atoms with Crippen molar-refractivity contribution >= 4 is 25.2 Å². The maximum Gasteiger partial charge on any atom is 0.338 e. The number of rotatable bonds is 10. The van der Waals surface area contributed by atoms with Crippen LogP contribution in [0.3, 0.4) is 0 Å². The molecule has 0 bridgehead atoms. The molecule has 0 aliphatic heterocycles. The van der Waals surface area contributed by atoms with Gasteiger partial charge in [-0.15, -0.1) is 0 Å². The molecule has 0 amide bonds. The highest BCUT2D eigenvalue weighted by Crippen LogP contribution is 2.51. The summed E-state index contributed by atoms with van der Waals surface area (Å²) in [5.41, 5.74) is 2.93. The van der Waals surface area contributed by atoms with Crippen molar-refractivity contribution < 1.29 is 23.1 Å². The molecule has 2 rings (SSSR count). The number of hydrogen-bond acceptors (Lipinski definition) is 5. The second kappa shape index (κ2) is 11.0. The molecular weight excluding hydrogens is 375 g/mol. The van der Waals surface area contributed by atoms with E-state index < -0.39 is 7.60 Å². The van der Waals surface area contributed by atoms with E-state index in [4.69, 9.17) is 13.8 Å². The van der Waals surface area contributed by atoms with E-state index >= 15 is 0 Å². The zero-order valence-corrected chi connectivity index (χ0v) is 17.5. The van der Waals surface area contributed by atoms with Crippen molar-refractivity contribution in [2.75, 3.05) is 19.8 Å². The molecule has 0 unspecified atom stereocenters. The van der Waals surface area contributed by atoms with Gasteiger partial charge in [0.05, 0.1) is 31.6 Å². The van der Waals surface area contributed by atoms with Crippen molar-refractivity contribution in [3.8, 4) is 0 Å². The maximum absolute atomic E-state index is 12.7. The first-order valence-electron chi connectivity index (χ1n) is 9.42. The highest BCUT2D eigenvalue weighted by Gasteiger charge is 2.24. The van der Waals surface area contributed by atoms with E-state index in [0.717, 1.165) is 16.7 Å². The number of carbonyl (C=O) groups excluding carboxylic acids is 1. The Labute approximate surface area is 166 Å². The van der Waals surface area contributed by atoms with Gasteiger partial charge in [0.15, 0.2) is 0 Å². The predicted octanol–water partition coefficient (Wildman–Crippen LogP) is 5.56. The summed E-state index contributed by atoms with van der Waals surface area (Å²) in [7, 11) is -3.17. The Hall–Kier alpha value is -2.20. The molecule has 0 N–H and O–H groups in total. The normalized spacial score (nSPS) is 12.0. The molecule has 2 aromatic rings. The lowest BCUT2D eigenvalue weighted by Gasteiger charge is -2.17. The summed E-state index contributed by atoms with van der Waals surface area (Å²) in [6.45, 7) is 6.29. The fourth-order valence-corrected chi connectivity index (χ4v) is 4.42. The minimum atomic E-state index is -3.17. The van der Waals surface area contributed by atoms with Crippen LogP contribution < -0.4 is 0 Å². The Kier molecular flexibility index (Phi) is 8.65. The van der Waals surface area contributed by atoms with Gasteiger partial charge >= 0.3 is 13.6 Å². The van der Waals surface area contributed by atoms with Gasteiger partial charge < -0.3 is 13.8 Å². The fraction of sp³-hybridized carbons (Fsp3) is 0.318. The monoisotopic (exact) mass is 402 g/mol. The van der Waals surface area contributed by atoms with E-state index in [1.807, 2.05) is 54.6 Å². The van der Waals surface area contributed by atoms with Crippen LogP contribution in [-0.2, 0) is 29.3 Å². The van der Waals surface area contributed by atoms with Gasteiger partial charge in [-0.1, -0.05) is 54.6 Å². The van der Waals surface area contributed by atoms with Crippen LogP contribution in [0, 0.1) is 0 Å². The standard InChI is InChI=1S/C22H27O5P/c1-4-25-22(23)21(16-18-10-8-7-9-11-18)20-14-12-19(13-15-20)17-28(24,26-5-2)27-6-3/h7-16H,4-6,17H2,1-3H3. The van der Waals surface area contributed by atoms with Gasteiger partial charge in [0, 0.05) is 0 Å². The molecule has 150 valence electrons. The lowest BCUT2D eigenvalue weighted by Crippen LogP contribution is -2.07. The number of esters is 1. The quantitative estimate of drug-likeness (QED) is 0.225. The largest absolute Gasteiger partial charge is 0.462 e. The first-order chi connectivity index (χ1) is 13.5. The molecule has 0 radical (unpaired) electrons. The molecule has 0 saturated heterocycles. The van der Waals surface area contributed by atoms with Crippen molar-refractivity contribution in [2.24, 2.45) is 0 Å². The molecule has 28 heavy (non-hydrogen) atoms. The molecule has 0 saturated carbocycles. The Morgan fingerprint density at radius 1 is 0.893 bits per heavy atom. The van der Waals surface area contributed by atoms with E-state index in [1.165, 1.54) is 0 Å². The summed E-state index contributed by atoms with van der Waals surface area (Å²) in [4.78, 5) is 12.5. The molecule has 0 aromatic heterocycles. The van der Waals surface area contributed by atoms with E-state index in [9.17, 15) is 9.36 Å². The van der Waals surface area contributed by atoms with E-state index in [-0.39, 0.29) is 12.1 Å². The molecule has 2 aromatic carbocycles. The second-order valence-corrected chi connectivity index (χ2v) is 8.05. The summed E-state index contributed by atoms with van der Waals surface area (Å²) in [5, 5.41) is 0. The molecule has 0 aliphatic rings. The van der Waals surface area contributed by atoms with Crippen molar-refractivity contribution in [3.63, 3.8) is 0 Å². The number of benzene rings is 2. The molecule has 0 atom stereocenters. The highest BCUT2D eigenvalue weighted by atomic mass is 31.2. The van der Waals surface area contributed by atoms with Crippen LogP contribution in [0.2, 0.25) is 0 Å². The van der Waals surface area contributed by atoms with E-state index in [0.29, 0.717) is 25.4 Å². The van der Waals surface area contributed by atoms with Gasteiger partial charge in [0.25, 0.3) is 0 Å². The van der Waals surface area contributed by atoms with Crippen LogP contribution in [0.4, 0.5) is 0 Å². The predicted molar refractivity (Wildman–Crippen MR) is 112 cm³/mol. The van der Waals surface area contributed by atoms with Gasteiger partial charge in [0.2, 0.25) is 0 Å². The molecule has 6 heteroatoms. The van der Waals surface area contributed by atoms with Crippen LogP contribution in [-0.4, -0.2) is 25.8 Å². The zero-order chi connectivity index (χ0) is 20.4. The van der Waals surface area contributed by atoms with Crippen LogP contribution in [0.5, 0.6) is 0 Å². The summed E-state index contributed by atoms with van der Waals surface area (Å²) in [6, 6.07) is 16.9. The van der Waals surface area contributed by atoms with Crippen molar-refractivity contribution in [3.05, 3.63) is 71.3 Å². The van der Waals surface area contributed by atoms with Crippen LogP contribution in [0.25, 0.3) is 11.6 Å². The number of hydrogen-bond donors (Lipinski definition) is 0. The summed E-state index contributed by atoms with van der Waals surface area (Å²) in [5.74, 6) is -0.381. The highest BCUT2D eigenvalue weighted by molar-refractivity contribution is 7.53. The first kappa shape index (κ1) is 22.1. The summed E-state index contributed by atoms with van der Waals surface area (Å²) < 4.78 is 28.6. The van der Waals surface area contributed by atoms with Crippen molar-refractivity contribution in [1.82, 2.24) is 0 Å². The smallest absolute Gasteiger partial charge is 0.338 e. The minimum Gasteiger partial charge on any atom is -0.462 e. The lowest BCUT2D eigenvalue weighted by molar-refractivity contribution is -0.136. The molecular formula is C22H27O5P. The average molecular weight is 402 g/mol. The SMILES string of the molecule is CCOC(=O)C(=Cc1ccccc1)c1ccc(CP(=O)(OCC)OCC)cc1. The summed E-state index contributed by atoms with van der Waals surface area (Å²) >= 11 is 0. The Bertz CT molecular complexity index is 818. The number of ether oxygens (including phenoxy) is 1. The fourth-order valence-electron chi connectivity index (χ4n) is 2.72. The van der Waals surface area contributed by atoms with Crippen molar-refractivity contribution in [2.45, 2.75) is 26.9 Å². The van der Waals surface area contributed by atoms with E-state index in [1.54, 1.807) is 26.8 Å². The van der Waals surface area contributed by atoms with Gasteiger partial charge in [-0.2, -0.15) is 0 Å². The topological polar surface area (TPSA) is 61.8 Å². The van der Waals surface area contributed by atoms with Crippen LogP contribution in [0.1, 0.15) is 37.5 Å². The number of carbonyl (C=O) groups is 1. The van der Waals surface area contributed by atoms with Crippen LogP contribution in [0.15, 0.2) is 54.6 Å². The zero-order valence-electron chi connectivity index (χ0n) is 16.6. The molecule has 0 heterocycles. The maximum atomic E-state index is 12.7. The van der Waals surface area contributed by atoms with Gasteiger partial charge in [0.1, 0.15) is 0 Å². The lowest BCUT2D eigenvalue weighted by atomic mass is 10.0. The first-order valence-corrected chi connectivity index (χ1v) is 11.2. The average Bonchev–Trinajstić information content (AvgIpc) is 2.68. The summed E-state index contributed by atoms with van der Waals surface area (Å²) in [6.07, 6.45) is 1.99. The van der Waals surface area contributed by atoms with Gasteiger partial charge in [-0.25, -0.2) is 4.79 Å².